The zero-order valence-electron chi connectivity index (χ0n) is 12.0. The van der Waals surface area contributed by atoms with E-state index in [0.29, 0.717) is 0 Å². The molecule has 0 aliphatic rings. The van der Waals surface area contributed by atoms with Crippen LogP contribution >= 0.6 is 11.6 Å². The van der Waals surface area contributed by atoms with Gasteiger partial charge in [0.1, 0.15) is 0 Å². The predicted octanol–water partition coefficient (Wildman–Crippen LogP) is 5.47. The van der Waals surface area contributed by atoms with Gasteiger partial charge in [0, 0.05) is 5.56 Å². The molecule has 0 spiro atoms. The van der Waals surface area contributed by atoms with Gasteiger partial charge in [-0.3, -0.25) is 0 Å². The average molecular weight is 462 g/mol. The maximum absolute atomic E-state index is 14.3. The first kappa shape index (κ1) is 23.7. The minimum atomic E-state index is -7.14. The van der Waals surface area contributed by atoms with E-state index in [9.17, 15) is 56.9 Å². The molecule has 0 radical (unpaired) electrons. The van der Waals surface area contributed by atoms with Gasteiger partial charge in [0.05, 0.1) is 15.6 Å². The summed E-state index contributed by atoms with van der Waals surface area (Å²) in [5, 5.41) is -1.45. The predicted molar refractivity (Wildman–Crippen MR) is 68.2 cm³/mol. The summed E-state index contributed by atoms with van der Waals surface area (Å²) in [6, 6.07) is -1.21. The van der Waals surface area contributed by atoms with Crippen LogP contribution < -0.4 is 5.73 Å². The van der Waals surface area contributed by atoms with Crippen LogP contribution in [0.2, 0.25) is 5.02 Å². The summed E-state index contributed by atoms with van der Waals surface area (Å²) in [4.78, 5) is -1.92. The fourth-order valence-electron chi connectivity index (χ4n) is 1.79. The molecule has 2 atom stereocenters. The van der Waals surface area contributed by atoms with E-state index in [0.717, 1.165) is 0 Å². The van der Waals surface area contributed by atoms with Gasteiger partial charge >= 0.3 is 29.5 Å². The number of anilines is 1. The highest BCUT2D eigenvalue weighted by Crippen LogP contribution is 2.59. The van der Waals surface area contributed by atoms with Crippen molar-refractivity contribution in [2.75, 3.05) is 5.73 Å². The number of nitrogen functional groups attached to an aromatic ring is 1. The van der Waals surface area contributed by atoms with E-state index in [1.165, 1.54) is 0 Å². The Kier molecular flexibility index (Phi) is 5.78. The lowest BCUT2D eigenvalue weighted by atomic mass is 9.87. The maximum atomic E-state index is 14.3. The molecule has 0 saturated carbocycles. The quantitative estimate of drug-likeness (QED) is 0.479. The number of benzene rings is 1. The third-order valence-corrected chi connectivity index (χ3v) is 4.55. The molecule has 1 rings (SSSR count). The monoisotopic (exact) mass is 461 g/mol. The van der Waals surface area contributed by atoms with E-state index in [4.69, 9.17) is 17.3 Å². The fraction of sp³-hybridized carbons (Fsp3) is 0.455. The van der Waals surface area contributed by atoms with Crippen LogP contribution in [0.1, 0.15) is 5.56 Å². The molecule has 0 aromatic heterocycles. The standard InChI is InChI=1S/C11H4ClF12NOS/c12-4-1-3(2-5(6(4)25)27(26)11(22,23)24)7(13,9(16,17)18)8(14,15)10(19,20)21/h1-2H,25H2. The highest BCUT2D eigenvalue weighted by atomic mass is 35.5. The Morgan fingerprint density at radius 2 is 1.26 bits per heavy atom. The average Bonchev–Trinajstić information content (AvgIpc) is 2.44. The summed E-state index contributed by atoms with van der Waals surface area (Å²) < 4.78 is 166. The van der Waals surface area contributed by atoms with Crippen LogP contribution in [0.5, 0.6) is 0 Å². The topological polar surface area (TPSA) is 43.1 Å². The van der Waals surface area contributed by atoms with Gasteiger partial charge in [0.25, 0.3) is 0 Å². The number of hydrogen-bond acceptors (Lipinski definition) is 2. The molecule has 0 saturated heterocycles. The maximum Gasteiger partial charge on any atom is 0.475 e. The van der Waals surface area contributed by atoms with Crippen molar-refractivity contribution in [1.82, 2.24) is 0 Å². The molecule has 0 heterocycles. The summed E-state index contributed by atoms with van der Waals surface area (Å²) in [7, 11) is -4.31. The molecule has 1 aromatic carbocycles. The highest BCUT2D eigenvalue weighted by molar-refractivity contribution is 7.86. The van der Waals surface area contributed by atoms with E-state index < -0.39 is 73.6 Å². The van der Waals surface area contributed by atoms with Crippen LogP contribution in [0.3, 0.4) is 0 Å². The molecule has 0 bridgehead atoms. The number of nitrogens with two attached hydrogens (primary N) is 1. The third-order valence-electron chi connectivity index (χ3n) is 3.08. The van der Waals surface area contributed by atoms with E-state index in [1.807, 2.05) is 0 Å². The normalized spacial score (nSPS) is 17.5. The van der Waals surface area contributed by atoms with Crippen molar-refractivity contribution in [2.24, 2.45) is 0 Å². The molecule has 27 heavy (non-hydrogen) atoms. The molecule has 2 unspecified atom stereocenters. The van der Waals surface area contributed by atoms with Crippen molar-refractivity contribution >= 4 is 28.1 Å². The van der Waals surface area contributed by atoms with Crippen LogP contribution in [0.4, 0.5) is 58.4 Å². The number of rotatable bonds is 3. The Morgan fingerprint density at radius 1 is 0.815 bits per heavy atom. The first-order valence-electron chi connectivity index (χ1n) is 5.98. The molecule has 2 N–H and O–H groups in total. The van der Waals surface area contributed by atoms with Gasteiger partial charge in [-0.15, -0.1) is 0 Å². The van der Waals surface area contributed by atoms with Crippen molar-refractivity contribution < 1.29 is 56.9 Å². The first-order chi connectivity index (χ1) is 11.7. The Morgan fingerprint density at radius 3 is 1.59 bits per heavy atom. The number of alkyl halides is 12. The number of halogens is 13. The fourth-order valence-corrected chi connectivity index (χ4v) is 2.86. The van der Waals surface area contributed by atoms with E-state index >= 15 is 0 Å². The molecular weight excluding hydrogens is 458 g/mol. The largest absolute Gasteiger partial charge is 0.475 e. The molecule has 0 fully saturated rings. The first-order valence-corrected chi connectivity index (χ1v) is 7.50. The minimum Gasteiger partial charge on any atom is -0.397 e. The van der Waals surface area contributed by atoms with Gasteiger partial charge in [-0.2, -0.15) is 48.3 Å². The second-order valence-corrected chi connectivity index (χ2v) is 6.66. The summed E-state index contributed by atoms with van der Waals surface area (Å²) in [5.74, 6) is -7.14. The van der Waals surface area contributed by atoms with E-state index in [2.05, 4.69) is 0 Å². The number of hydrogen-bond donors (Lipinski definition) is 1. The zero-order chi connectivity index (χ0) is 21.8. The van der Waals surface area contributed by atoms with Gasteiger partial charge < -0.3 is 5.73 Å². The molecule has 0 aliphatic heterocycles. The lowest BCUT2D eigenvalue weighted by Gasteiger charge is -2.36. The smallest absolute Gasteiger partial charge is 0.397 e. The SMILES string of the molecule is Nc1c(Cl)cc(C(F)(C(F)(F)F)C(F)(F)C(F)(F)F)cc1S(=O)C(F)(F)F. The van der Waals surface area contributed by atoms with Crippen LogP contribution in [-0.4, -0.2) is 28.0 Å². The minimum absolute atomic E-state index is 0.457. The van der Waals surface area contributed by atoms with Gasteiger partial charge in [0.15, 0.2) is 10.8 Å². The van der Waals surface area contributed by atoms with Gasteiger partial charge in [0.2, 0.25) is 0 Å². The molecule has 16 heteroatoms. The van der Waals surface area contributed by atoms with Crippen molar-refractivity contribution in [3.8, 4) is 0 Å². The molecule has 0 aliphatic carbocycles. The van der Waals surface area contributed by atoms with Crippen LogP contribution in [0.25, 0.3) is 0 Å². The van der Waals surface area contributed by atoms with Gasteiger partial charge in [-0.25, -0.2) is 8.60 Å². The Hall–Kier alpha value is -1.38. The van der Waals surface area contributed by atoms with Crippen LogP contribution in [0, 0.1) is 0 Å². The second-order valence-electron chi connectivity index (χ2n) is 4.81. The van der Waals surface area contributed by atoms with Gasteiger partial charge in [-0.05, 0) is 12.1 Å². The van der Waals surface area contributed by atoms with Crippen molar-refractivity contribution in [2.45, 2.75) is 34.3 Å². The second kappa shape index (κ2) is 6.60. The summed E-state index contributed by atoms with van der Waals surface area (Å²) >= 11 is 5.15. The molecule has 2 nitrogen and oxygen atoms in total. The van der Waals surface area contributed by atoms with Gasteiger partial charge in [-0.1, -0.05) is 11.6 Å². The lowest BCUT2D eigenvalue weighted by molar-refractivity contribution is -0.389. The lowest BCUT2D eigenvalue weighted by Crippen LogP contribution is -2.59. The molecule has 0 amide bonds. The third kappa shape index (κ3) is 3.79. The molecule has 1 aromatic rings. The van der Waals surface area contributed by atoms with Crippen LogP contribution in [-0.2, 0) is 16.5 Å². The summed E-state index contributed by atoms with van der Waals surface area (Å²) in [6.45, 7) is 0. The van der Waals surface area contributed by atoms with Crippen molar-refractivity contribution in [1.29, 1.82) is 0 Å². The van der Waals surface area contributed by atoms with E-state index in [1.54, 1.807) is 0 Å². The van der Waals surface area contributed by atoms with E-state index in [-0.39, 0.29) is 0 Å². The Balaban J connectivity index is 3.93. The summed E-state index contributed by atoms with van der Waals surface area (Å²) in [5.41, 5.74) is -11.3. The Bertz CT molecular complexity index is 755. The Labute approximate surface area is 148 Å². The van der Waals surface area contributed by atoms with Crippen molar-refractivity contribution in [3.05, 3.63) is 22.7 Å². The molecular formula is C11H4ClF12NOS. The van der Waals surface area contributed by atoms with Crippen LogP contribution in [0.15, 0.2) is 17.0 Å². The summed E-state index contributed by atoms with van der Waals surface area (Å²) in [6.07, 6.45) is -14.1. The highest BCUT2D eigenvalue weighted by Gasteiger charge is 2.81. The zero-order valence-corrected chi connectivity index (χ0v) is 13.5. The molecule has 156 valence electrons. The van der Waals surface area contributed by atoms with Crippen molar-refractivity contribution in [3.63, 3.8) is 0 Å².